The molecule has 1 saturated carbocycles. The number of aryl methyl sites for hydroxylation is 1. The first kappa shape index (κ1) is 13.5. The van der Waals surface area contributed by atoms with Gasteiger partial charge in [-0.25, -0.2) is 17.9 Å². The molecule has 0 saturated heterocycles. The highest BCUT2D eigenvalue weighted by Crippen LogP contribution is 2.34. The third-order valence-corrected chi connectivity index (χ3v) is 6.53. The first-order valence-electron chi connectivity index (χ1n) is 5.61. The van der Waals surface area contributed by atoms with Gasteiger partial charge in [0.25, 0.3) is 10.0 Å². The minimum absolute atomic E-state index is 0.0746. The van der Waals surface area contributed by atoms with Crippen molar-refractivity contribution >= 4 is 27.3 Å². The van der Waals surface area contributed by atoms with Crippen molar-refractivity contribution < 1.29 is 18.3 Å². The fourth-order valence-corrected chi connectivity index (χ4v) is 4.82. The van der Waals surface area contributed by atoms with E-state index in [1.54, 1.807) is 6.92 Å². The Kier molecular flexibility index (Phi) is 3.25. The largest absolute Gasteiger partial charge is 0.477 e. The standard InChI is InChI=1S/C11H15NO4S2/c1-7-6-8(17-9(7)10(13)14)18(15,16)12-11(2)4-3-5-11/h6,12H,3-5H2,1-2H3,(H,13,14). The van der Waals surface area contributed by atoms with E-state index >= 15 is 0 Å². The fraction of sp³-hybridized carbons (Fsp3) is 0.545. The molecule has 1 aliphatic rings. The van der Waals surface area contributed by atoms with Gasteiger partial charge in [0.1, 0.15) is 9.09 Å². The third-order valence-electron chi connectivity index (χ3n) is 3.19. The minimum Gasteiger partial charge on any atom is -0.477 e. The van der Waals surface area contributed by atoms with Crippen LogP contribution < -0.4 is 4.72 Å². The van der Waals surface area contributed by atoms with Gasteiger partial charge in [-0.05, 0) is 44.7 Å². The number of nitrogens with one attached hydrogen (secondary N) is 1. The van der Waals surface area contributed by atoms with E-state index in [2.05, 4.69) is 4.72 Å². The molecule has 1 heterocycles. The Balaban J connectivity index is 2.30. The van der Waals surface area contributed by atoms with E-state index in [-0.39, 0.29) is 14.6 Å². The fourth-order valence-electron chi connectivity index (χ4n) is 1.98. The predicted molar refractivity (Wildman–Crippen MR) is 68.6 cm³/mol. The summed E-state index contributed by atoms with van der Waals surface area (Å²) in [4.78, 5) is 11.0. The van der Waals surface area contributed by atoms with Gasteiger partial charge in [0.05, 0.1) is 0 Å². The number of thiophene rings is 1. The van der Waals surface area contributed by atoms with E-state index in [1.165, 1.54) is 6.07 Å². The minimum atomic E-state index is -3.61. The molecule has 0 atom stereocenters. The molecular weight excluding hydrogens is 274 g/mol. The van der Waals surface area contributed by atoms with Gasteiger partial charge in [0, 0.05) is 5.54 Å². The van der Waals surface area contributed by atoms with Crippen LogP contribution in [0.3, 0.4) is 0 Å². The summed E-state index contributed by atoms with van der Waals surface area (Å²) in [5.41, 5.74) is 0.103. The van der Waals surface area contributed by atoms with E-state index in [0.717, 1.165) is 30.6 Å². The molecule has 0 spiro atoms. The molecule has 1 aliphatic carbocycles. The second-order valence-electron chi connectivity index (χ2n) is 4.90. The Bertz CT molecular complexity index is 584. The van der Waals surface area contributed by atoms with Crippen molar-refractivity contribution in [2.24, 2.45) is 0 Å². The van der Waals surface area contributed by atoms with Gasteiger partial charge in [-0.1, -0.05) is 0 Å². The Hall–Kier alpha value is -0.920. The van der Waals surface area contributed by atoms with Crippen LogP contribution in [0.4, 0.5) is 0 Å². The van der Waals surface area contributed by atoms with Crippen LogP contribution in [0.25, 0.3) is 0 Å². The molecule has 0 radical (unpaired) electrons. The van der Waals surface area contributed by atoms with Crippen molar-refractivity contribution in [3.05, 3.63) is 16.5 Å². The Morgan fingerprint density at radius 2 is 2.11 bits per heavy atom. The van der Waals surface area contributed by atoms with Crippen LogP contribution in [-0.4, -0.2) is 25.0 Å². The van der Waals surface area contributed by atoms with Crippen LogP contribution in [-0.2, 0) is 10.0 Å². The van der Waals surface area contributed by atoms with Crippen LogP contribution >= 0.6 is 11.3 Å². The summed E-state index contributed by atoms with van der Waals surface area (Å²) in [5.74, 6) is -1.09. The first-order chi connectivity index (χ1) is 8.23. The highest BCUT2D eigenvalue weighted by atomic mass is 32.2. The maximum absolute atomic E-state index is 12.1. The lowest BCUT2D eigenvalue weighted by atomic mass is 9.80. The van der Waals surface area contributed by atoms with Crippen LogP contribution in [0, 0.1) is 6.92 Å². The van der Waals surface area contributed by atoms with Gasteiger partial charge in [-0.2, -0.15) is 0 Å². The molecule has 5 nitrogen and oxygen atoms in total. The van der Waals surface area contributed by atoms with Crippen LogP contribution in [0.2, 0.25) is 0 Å². The van der Waals surface area contributed by atoms with E-state index in [0.29, 0.717) is 5.56 Å². The highest BCUT2D eigenvalue weighted by molar-refractivity contribution is 7.91. The van der Waals surface area contributed by atoms with Crippen molar-refractivity contribution in [1.82, 2.24) is 4.72 Å². The van der Waals surface area contributed by atoms with Crippen molar-refractivity contribution in [1.29, 1.82) is 0 Å². The number of hydrogen-bond acceptors (Lipinski definition) is 4. The van der Waals surface area contributed by atoms with Gasteiger partial charge < -0.3 is 5.11 Å². The zero-order valence-corrected chi connectivity index (χ0v) is 11.8. The summed E-state index contributed by atoms with van der Waals surface area (Å²) in [6, 6.07) is 1.42. The molecule has 100 valence electrons. The average Bonchev–Trinajstić information content (AvgIpc) is 2.58. The summed E-state index contributed by atoms with van der Waals surface area (Å²) < 4.78 is 27.0. The van der Waals surface area contributed by atoms with Gasteiger partial charge in [-0.15, -0.1) is 11.3 Å². The number of aromatic carboxylic acids is 1. The molecule has 0 unspecified atom stereocenters. The lowest BCUT2D eigenvalue weighted by Gasteiger charge is -2.38. The molecule has 18 heavy (non-hydrogen) atoms. The maximum atomic E-state index is 12.1. The molecule has 2 N–H and O–H groups in total. The third kappa shape index (κ3) is 2.43. The number of sulfonamides is 1. The zero-order valence-electron chi connectivity index (χ0n) is 10.2. The monoisotopic (exact) mass is 289 g/mol. The number of carboxylic acid groups (broad SMARTS) is 1. The van der Waals surface area contributed by atoms with Gasteiger partial charge in [0.15, 0.2) is 0 Å². The molecular formula is C11H15NO4S2. The average molecular weight is 289 g/mol. The molecule has 1 fully saturated rings. The van der Waals surface area contributed by atoms with Gasteiger partial charge in [0.2, 0.25) is 0 Å². The SMILES string of the molecule is Cc1cc(S(=O)(=O)NC2(C)CCC2)sc1C(=O)O. The number of carboxylic acids is 1. The van der Waals surface area contributed by atoms with E-state index < -0.39 is 16.0 Å². The van der Waals surface area contributed by atoms with Gasteiger partial charge >= 0.3 is 5.97 Å². The molecule has 2 rings (SSSR count). The Labute approximate surface area is 110 Å². The van der Waals surface area contributed by atoms with Crippen LogP contribution in [0.1, 0.15) is 41.4 Å². The van der Waals surface area contributed by atoms with E-state index in [4.69, 9.17) is 5.11 Å². The molecule has 1 aromatic rings. The van der Waals surface area contributed by atoms with Crippen molar-refractivity contribution in [3.63, 3.8) is 0 Å². The number of carbonyl (C=O) groups is 1. The lowest BCUT2D eigenvalue weighted by Crippen LogP contribution is -2.50. The lowest BCUT2D eigenvalue weighted by molar-refractivity contribution is 0.0701. The second-order valence-corrected chi connectivity index (χ2v) is 7.86. The molecule has 7 heteroatoms. The summed E-state index contributed by atoms with van der Waals surface area (Å²) in [6.07, 6.45) is 2.66. The Morgan fingerprint density at radius 3 is 2.50 bits per heavy atom. The van der Waals surface area contributed by atoms with Crippen LogP contribution in [0.15, 0.2) is 10.3 Å². The molecule has 1 aromatic heterocycles. The number of hydrogen-bond donors (Lipinski definition) is 2. The number of rotatable bonds is 4. The van der Waals surface area contributed by atoms with Gasteiger partial charge in [-0.3, -0.25) is 0 Å². The highest BCUT2D eigenvalue weighted by Gasteiger charge is 2.37. The quantitative estimate of drug-likeness (QED) is 0.887. The van der Waals surface area contributed by atoms with E-state index in [9.17, 15) is 13.2 Å². The summed E-state index contributed by atoms with van der Waals surface area (Å²) in [5, 5.41) is 8.93. The Morgan fingerprint density at radius 1 is 1.50 bits per heavy atom. The predicted octanol–water partition coefficient (Wildman–Crippen LogP) is 1.98. The van der Waals surface area contributed by atoms with Crippen molar-refractivity contribution in [3.8, 4) is 0 Å². The molecule has 0 aromatic carbocycles. The smallest absolute Gasteiger partial charge is 0.346 e. The first-order valence-corrected chi connectivity index (χ1v) is 7.91. The maximum Gasteiger partial charge on any atom is 0.346 e. The topological polar surface area (TPSA) is 83.5 Å². The van der Waals surface area contributed by atoms with E-state index in [1.807, 2.05) is 6.92 Å². The van der Waals surface area contributed by atoms with Crippen molar-refractivity contribution in [2.75, 3.05) is 0 Å². The molecule has 0 aliphatic heterocycles. The summed E-state index contributed by atoms with van der Waals surface area (Å²) in [7, 11) is -3.61. The molecule has 0 amide bonds. The van der Waals surface area contributed by atoms with Crippen molar-refractivity contribution in [2.45, 2.75) is 42.9 Å². The zero-order chi connectivity index (χ0) is 13.6. The normalized spacial score (nSPS) is 18.3. The molecule has 0 bridgehead atoms. The summed E-state index contributed by atoms with van der Waals surface area (Å²) >= 11 is 0.800. The summed E-state index contributed by atoms with van der Waals surface area (Å²) in [6.45, 7) is 3.47. The second kappa shape index (κ2) is 4.32. The van der Waals surface area contributed by atoms with Crippen LogP contribution in [0.5, 0.6) is 0 Å².